The summed E-state index contributed by atoms with van der Waals surface area (Å²) >= 11 is 0. The summed E-state index contributed by atoms with van der Waals surface area (Å²) in [6, 6.07) is 1.85. The third kappa shape index (κ3) is 0.920. The quantitative estimate of drug-likeness (QED) is 0.609. The van der Waals surface area contributed by atoms with Gasteiger partial charge in [-0.25, -0.2) is 0 Å². The Bertz CT molecular complexity index is 336. The first-order chi connectivity index (χ1) is 5.38. The maximum absolute atomic E-state index is 4.91. The molecule has 2 rings (SSSR count). The van der Waals surface area contributed by atoms with Crippen LogP contribution >= 0.6 is 0 Å². The summed E-state index contributed by atoms with van der Waals surface area (Å²) in [6.45, 7) is 0. The molecule has 0 aliphatic heterocycles. The molecule has 0 unspecified atom stereocenters. The SMILES string of the molecule is Cn1cnnc1-c1ccoc1. The van der Waals surface area contributed by atoms with Gasteiger partial charge >= 0.3 is 0 Å². The van der Waals surface area contributed by atoms with Crippen LogP contribution in [0.3, 0.4) is 0 Å². The van der Waals surface area contributed by atoms with Gasteiger partial charge in [0.2, 0.25) is 0 Å². The summed E-state index contributed by atoms with van der Waals surface area (Å²) in [5.41, 5.74) is 0.949. The molecule has 2 aromatic heterocycles. The molecule has 11 heavy (non-hydrogen) atoms. The van der Waals surface area contributed by atoms with Gasteiger partial charge in [0, 0.05) is 7.05 Å². The number of hydrogen-bond donors (Lipinski definition) is 0. The van der Waals surface area contributed by atoms with E-state index in [-0.39, 0.29) is 0 Å². The summed E-state index contributed by atoms with van der Waals surface area (Å²) < 4.78 is 6.75. The van der Waals surface area contributed by atoms with E-state index in [1.807, 2.05) is 17.7 Å². The fraction of sp³-hybridized carbons (Fsp3) is 0.143. The summed E-state index contributed by atoms with van der Waals surface area (Å²) in [7, 11) is 1.89. The first-order valence-electron chi connectivity index (χ1n) is 3.24. The van der Waals surface area contributed by atoms with E-state index in [1.54, 1.807) is 18.9 Å². The van der Waals surface area contributed by atoms with Crippen molar-refractivity contribution in [2.75, 3.05) is 0 Å². The van der Waals surface area contributed by atoms with Crippen LogP contribution in [0.25, 0.3) is 11.4 Å². The van der Waals surface area contributed by atoms with E-state index in [0.29, 0.717) is 0 Å². The molecule has 2 aromatic rings. The highest BCUT2D eigenvalue weighted by Gasteiger charge is 2.03. The highest BCUT2D eigenvalue weighted by atomic mass is 16.3. The number of aromatic nitrogens is 3. The van der Waals surface area contributed by atoms with Gasteiger partial charge in [-0.1, -0.05) is 0 Å². The third-order valence-electron chi connectivity index (χ3n) is 1.49. The molecule has 4 heteroatoms. The molecule has 0 saturated carbocycles. The lowest BCUT2D eigenvalue weighted by atomic mass is 10.3. The second kappa shape index (κ2) is 2.23. The topological polar surface area (TPSA) is 43.9 Å². The molecular formula is C7H7N3O. The van der Waals surface area contributed by atoms with Gasteiger partial charge in [0.05, 0.1) is 11.8 Å². The highest BCUT2D eigenvalue weighted by molar-refractivity contribution is 5.52. The van der Waals surface area contributed by atoms with Gasteiger partial charge in [-0.3, -0.25) is 0 Å². The third-order valence-corrected chi connectivity index (χ3v) is 1.49. The Morgan fingerprint density at radius 2 is 2.45 bits per heavy atom. The molecule has 0 spiro atoms. The van der Waals surface area contributed by atoms with E-state index in [9.17, 15) is 0 Å². The predicted molar refractivity (Wildman–Crippen MR) is 38.7 cm³/mol. The molecule has 0 saturated heterocycles. The van der Waals surface area contributed by atoms with Crippen LogP contribution < -0.4 is 0 Å². The Morgan fingerprint density at radius 3 is 3.00 bits per heavy atom. The van der Waals surface area contributed by atoms with Gasteiger partial charge in [0.15, 0.2) is 5.82 Å². The van der Waals surface area contributed by atoms with E-state index in [4.69, 9.17) is 4.42 Å². The van der Waals surface area contributed by atoms with E-state index in [0.717, 1.165) is 11.4 Å². The zero-order valence-electron chi connectivity index (χ0n) is 6.06. The molecule has 0 radical (unpaired) electrons. The summed E-state index contributed by atoms with van der Waals surface area (Å²) in [4.78, 5) is 0. The minimum atomic E-state index is 0.818. The molecule has 0 amide bonds. The van der Waals surface area contributed by atoms with E-state index < -0.39 is 0 Å². The van der Waals surface area contributed by atoms with Crippen LogP contribution in [0.4, 0.5) is 0 Å². The number of nitrogens with zero attached hydrogens (tertiary/aromatic N) is 3. The van der Waals surface area contributed by atoms with Crippen molar-refractivity contribution < 1.29 is 4.42 Å². The van der Waals surface area contributed by atoms with Crippen molar-refractivity contribution in [2.45, 2.75) is 0 Å². The smallest absolute Gasteiger partial charge is 0.166 e. The fourth-order valence-electron chi connectivity index (χ4n) is 0.936. The maximum atomic E-state index is 4.91. The van der Waals surface area contributed by atoms with E-state index in [2.05, 4.69) is 10.2 Å². The van der Waals surface area contributed by atoms with Crippen molar-refractivity contribution in [3.05, 3.63) is 24.9 Å². The van der Waals surface area contributed by atoms with Gasteiger partial charge in [-0.05, 0) is 6.07 Å². The Kier molecular flexibility index (Phi) is 1.25. The fourth-order valence-corrected chi connectivity index (χ4v) is 0.936. The largest absolute Gasteiger partial charge is 0.472 e. The molecule has 2 heterocycles. The van der Waals surface area contributed by atoms with Crippen LogP contribution in [-0.2, 0) is 7.05 Å². The molecule has 0 atom stereocenters. The van der Waals surface area contributed by atoms with Crippen molar-refractivity contribution in [3.63, 3.8) is 0 Å². The van der Waals surface area contributed by atoms with E-state index in [1.165, 1.54) is 0 Å². The van der Waals surface area contributed by atoms with Crippen LogP contribution in [-0.4, -0.2) is 14.8 Å². The van der Waals surface area contributed by atoms with Crippen LogP contribution in [0.2, 0.25) is 0 Å². The van der Waals surface area contributed by atoms with Gasteiger partial charge < -0.3 is 8.98 Å². The molecule has 0 aromatic carbocycles. The lowest BCUT2D eigenvalue weighted by molar-refractivity contribution is 0.567. The Hall–Kier alpha value is -1.58. The lowest BCUT2D eigenvalue weighted by Crippen LogP contribution is -1.88. The zero-order valence-corrected chi connectivity index (χ0v) is 6.06. The molecule has 0 aliphatic carbocycles. The minimum Gasteiger partial charge on any atom is -0.472 e. The molecular weight excluding hydrogens is 142 g/mol. The average Bonchev–Trinajstić information content (AvgIpc) is 2.55. The standard InChI is InChI=1S/C7H7N3O/c1-10-5-8-9-7(10)6-2-3-11-4-6/h2-5H,1H3. The predicted octanol–water partition coefficient (Wildman–Crippen LogP) is 1.08. The first-order valence-corrected chi connectivity index (χ1v) is 3.24. The molecule has 0 fully saturated rings. The Balaban J connectivity index is 2.53. The summed E-state index contributed by atoms with van der Waals surface area (Å²) in [5.74, 6) is 0.818. The second-order valence-corrected chi connectivity index (χ2v) is 2.28. The van der Waals surface area contributed by atoms with Crippen LogP contribution in [0.15, 0.2) is 29.3 Å². The normalized spacial score (nSPS) is 10.3. The zero-order chi connectivity index (χ0) is 7.68. The van der Waals surface area contributed by atoms with Crippen LogP contribution in [0.1, 0.15) is 0 Å². The summed E-state index contributed by atoms with van der Waals surface area (Å²) in [5, 5.41) is 7.66. The maximum Gasteiger partial charge on any atom is 0.166 e. The number of furan rings is 1. The van der Waals surface area contributed by atoms with Crippen molar-refractivity contribution in [2.24, 2.45) is 7.05 Å². The monoisotopic (exact) mass is 149 g/mol. The summed E-state index contributed by atoms with van der Waals surface area (Å²) in [6.07, 6.45) is 4.91. The Labute approximate surface area is 63.5 Å². The van der Waals surface area contributed by atoms with Crippen LogP contribution in [0.5, 0.6) is 0 Å². The van der Waals surface area contributed by atoms with E-state index >= 15 is 0 Å². The van der Waals surface area contributed by atoms with Gasteiger partial charge in [-0.2, -0.15) is 0 Å². The van der Waals surface area contributed by atoms with Gasteiger partial charge in [0.1, 0.15) is 12.6 Å². The van der Waals surface area contributed by atoms with Crippen molar-refractivity contribution in [1.82, 2.24) is 14.8 Å². The lowest BCUT2D eigenvalue weighted by Gasteiger charge is -1.92. The molecule has 0 aliphatic rings. The molecule has 4 nitrogen and oxygen atoms in total. The van der Waals surface area contributed by atoms with Crippen LogP contribution in [0, 0.1) is 0 Å². The number of rotatable bonds is 1. The molecule has 56 valence electrons. The average molecular weight is 149 g/mol. The first kappa shape index (κ1) is 6.15. The second-order valence-electron chi connectivity index (χ2n) is 2.28. The minimum absolute atomic E-state index is 0.818. The molecule has 0 bridgehead atoms. The van der Waals surface area contributed by atoms with Crippen molar-refractivity contribution in [3.8, 4) is 11.4 Å². The Morgan fingerprint density at radius 1 is 1.55 bits per heavy atom. The van der Waals surface area contributed by atoms with Gasteiger partial charge in [0.25, 0.3) is 0 Å². The van der Waals surface area contributed by atoms with Crippen molar-refractivity contribution >= 4 is 0 Å². The van der Waals surface area contributed by atoms with Crippen molar-refractivity contribution in [1.29, 1.82) is 0 Å². The number of hydrogen-bond acceptors (Lipinski definition) is 3. The van der Waals surface area contributed by atoms with Gasteiger partial charge in [-0.15, -0.1) is 10.2 Å². The highest BCUT2D eigenvalue weighted by Crippen LogP contribution is 2.14. The molecule has 0 N–H and O–H groups in total. The number of aryl methyl sites for hydroxylation is 1.